The highest BCUT2D eigenvalue weighted by Crippen LogP contribution is 2.20. The van der Waals surface area contributed by atoms with E-state index in [1.807, 2.05) is 32.9 Å². The zero-order chi connectivity index (χ0) is 19.3. The fourth-order valence-corrected chi connectivity index (χ4v) is 2.39. The second-order valence-corrected chi connectivity index (χ2v) is 12.6. The van der Waals surface area contributed by atoms with Gasteiger partial charge in [-0.05, 0) is 32.9 Å². The van der Waals surface area contributed by atoms with E-state index in [0.717, 1.165) is 11.6 Å². The fraction of sp³-hybridized carbons (Fsp3) is 0.400. The summed E-state index contributed by atoms with van der Waals surface area (Å²) >= 11 is 0. The number of hydrogen-bond donors (Lipinski definition) is 1. The van der Waals surface area contributed by atoms with Gasteiger partial charge >= 0.3 is 5.97 Å². The van der Waals surface area contributed by atoms with Crippen LogP contribution in [0.25, 0.3) is 0 Å². The lowest BCUT2D eigenvalue weighted by atomic mass is 10.0. The Hall–Kier alpha value is -2.32. The third-order valence-corrected chi connectivity index (χ3v) is 3.81. The molecule has 0 aliphatic heterocycles. The smallest absolute Gasteiger partial charge is 0.331 e. The Kier molecular flexibility index (Phi) is 6.77. The predicted molar refractivity (Wildman–Crippen MR) is 104 cm³/mol. The van der Waals surface area contributed by atoms with Gasteiger partial charge in [0.05, 0.1) is 0 Å². The molecule has 134 valence electrons. The van der Waals surface area contributed by atoms with Crippen LogP contribution in [0, 0.1) is 11.5 Å². The van der Waals surface area contributed by atoms with Crippen LogP contribution in [0.15, 0.2) is 36.9 Å². The minimum atomic E-state index is -1.45. The van der Waals surface area contributed by atoms with Gasteiger partial charge in [-0.15, -0.1) is 5.54 Å². The molecule has 0 heterocycles. The molecule has 0 aromatic heterocycles. The third-order valence-electron chi connectivity index (χ3n) is 2.93. The van der Waals surface area contributed by atoms with Crippen LogP contribution in [0.3, 0.4) is 0 Å². The summed E-state index contributed by atoms with van der Waals surface area (Å²) < 4.78 is 5.25. The van der Waals surface area contributed by atoms with Gasteiger partial charge in [-0.3, -0.25) is 4.79 Å². The summed E-state index contributed by atoms with van der Waals surface area (Å²) in [7, 11) is -1.45. The molecule has 1 aromatic carbocycles. The lowest BCUT2D eigenvalue weighted by Crippen LogP contribution is -2.44. The van der Waals surface area contributed by atoms with Crippen molar-refractivity contribution in [3.05, 3.63) is 48.0 Å². The molecule has 0 aliphatic rings. The molecule has 0 saturated heterocycles. The van der Waals surface area contributed by atoms with Crippen molar-refractivity contribution in [1.82, 2.24) is 5.32 Å². The topological polar surface area (TPSA) is 55.4 Å². The first-order valence-electron chi connectivity index (χ1n) is 8.19. The van der Waals surface area contributed by atoms with Gasteiger partial charge in [-0.1, -0.05) is 44.3 Å². The van der Waals surface area contributed by atoms with Crippen LogP contribution in [0.5, 0.6) is 0 Å². The number of rotatable bonds is 4. The zero-order valence-corrected chi connectivity index (χ0v) is 16.9. The average molecular weight is 358 g/mol. The van der Waals surface area contributed by atoms with Crippen molar-refractivity contribution in [2.24, 2.45) is 0 Å². The summed E-state index contributed by atoms with van der Waals surface area (Å²) in [6.45, 7) is 15.5. The van der Waals surface area contributed by atoms with E-state index in [1.165, 1.54) is 0 Å². The van der Waals surface area contributed by atoms with E-state index < -0.39 is 25.7 Å². The van der Waals surface area contributed by atoms with Crippen molar-refractivity contribution in [3.63, 3.8) is 0 Å². The van der Waals surface area contributed by atoms with Crippen molar-refractivity contribution >= 4 is 20.0 Å². The number of nitrogens with one attached hydrogen (secondary N) is 1. The summed E-state index contributed by atoms with van der Waals surface area (Å²) in [6.07, 6.45) is 0.0225. The zero-order valence-electron chi connectivity index (χ0n) is 15.9. The molecule has 4 nitrogen and oxygen atoms in total. The van der Waals surface area contributed by atoms with E-state index in [2.05, 4.69) is 43.0 Å². The van der Waals surface area contributed by atoms with E-state index in [0.29, 0.717) is 5.56 Å². The first-order valence-corrected chi connectivity index (χ1v) is 11.7. The van der Waals surface area contributed by atoms with Crippen LogP contribution in [0.2, 0.25) is 19.6 Å². The monoisotopic (exact) mass is 357 g/mol. The number of carbonyl (C=O) groups is 2. The Morgan fingerprint density at radius 2 is 1.76 bits per heavy atom. The fourth-order valence-electron chi connectivity index (χ4n) is 1.87. The quantitative estimate of drug-likeness (QED) is 0.388. The third kappa shape index (κ3) is 7.86. The predicted octanol–water partition coefficient (Wildman–Crippen LogP) is 3.60. The van der Waals surface area contributed by atoms with Crippen molar-refractivity contribution < 1.29 is 14.3 Å². The number of esters is 1. The van der Waals surface area contributed by atoms with Crippen LogP contribution in [0.1, 0.15) is 38.0 Å². The van der Waals surface area contributed by atoms with E-state index in [-0.39, 0.29) is 5.91 Å². The molecule has 0 radical (unpaired) electrons. The second-order valence-electron chi connectivity index (χ2n) is 7.88. The molecule has 1 unspecified atom stereocenters. The van der Waals surface area contributed by atoms with E-state index in [9.17, 15) is 9.59 Å². The molecule has 1 atom stereocenters. The van der Waals surface area contributed by atoms with Gasteiger partial charge in [0.25, 0.3) is 5.91 Å². The second kappa shape index (κ2) is 8.17. The minimum absolute atomic E-state index is 0.372. The highest BCUT2D eigenvalue weighted by Gasteiger charge is 2.27. The molecular weight excluding hydrogens is 330 g/mol. The maximum Gasteiger partial charge on any atom is 0.331 e. The molecule has 25 heavy (non-hydrogen) atoms. The van der Waals surface area contributed by atoms with Crippen LogP contribution in [-0.4, -0.2) is 25.5 Å². The van der Waals surface area contributed by atoms with Crippen LogP contribution < -0.4 is 5.32 Å². The lowest BCUT2D eigenvalue weighted by Gasteiger charge is -2.24. The van der Waals surface area contributed by atoms with Gasteiger partial charge in [-0.25, -0.2) is 4.79 Å². The maximum atomic E-state index is 12.5. The standard InChI is InChI=1S/C20H27NO3Si/c1-8-17(22)24-18(19(23)21-20(2,3)4)16-11-9-15(10-12-16)13-14-25(5,6)7/h8-12,18H,1H2,2-7H3,(H,21,23). The molecule has 0 saturated carbocycles. The van der Waals surface area contributed by atoms with Gasteiger partial charge < -0.3 is 10.1 Å². The number of amides is 1. The average Bonchev–Trinajstić information content (AvgIpc) is 2.48. The Labute approximate surface area is 151 Å². The van der Waals surface area contributed by atoms with Crippen LogP contribution in [0.4, 0.5) is 0 Å². The van der Waals surface area contributed by atoms with Crippen molar-refractivity contribution in [1.29, 1.82) is 0 Å². The molecule has 5 heteroatoms. The van der Waals surface area contributed by atoms with Gasteiger partial charge in [0.15, 0.2) is 0 Å². The minimum Gasteiger partial charge on any atom is -0.444 e. The molecule has 1 N–H and O–H groups in total. The molecule has 0 bridgehead atoms. The maximum absolute atomic E-state index is 12.5. The summed E-state index contributed by atoms with van der Waals surface area (Å²) in [5.74, 6) is 2.14. The van der Waals surface area contributed by atoms with Crippen molar-refractivity contribution in [2.75, 3.05) is 0 Å². The van der Waals surface area contributed by atoms with Gasteiger partial charge in [-0.2, -0.15) is 0 Å². The summed E-state index contributed by atoms with van der Waals surface area (Å²) in [4.78, 5) is 24.1. The number of carbonyl (C=O) groups excluding carboxylic acids is 2. The molecule has 1 aromatic rings. The number of ether oxygens (including phenoxy) is 1. The van der Waals surface area contributed by atoms with Crippen LogP contribution >= 0.6 is 0 Å². The van der Waals surface area contributed by atoms with E-state index in [1.54, 1.807) is 12.1 Å². The Morgan fingerprint density at radius 1 is 1.20 bits per heavy atom. The number of benzene rings is 1. The highest BCUT2D eigenvalue weighted by molar-refractivity contribution is 6.83. The Bertz CT molecular complexity index is 698. The molecule has 0 spiro atoms. The molecule has 0 aliphatic carbocycles. The molecule has 1 amide bonds. The molecule has 1 rings (SSSR count). The lowest BCUT2D eigenvalue weighted by molar-refractivity contribution is -0.152. The van der Waals surface area contributed by atoms with Gasteiger partial charge in [0.1, 0.15) is 8.07 Å². The van der Waals surface area contributed by atoms with Crippen molar-refractivity contribution in [2.45, 2.75) is 52.1 Å². The van der Waals surface area contributed by atoms with Gasteiger partial charge in [0, 0.05) is 22.7 Å². The van der Waals surface area contributed by atoms with E-state index >= 15 is 0 Å². The summed E-state index contributed by atoms with van der Waals surface area (Å²) in [5, 5.41) is 2.83. The normalized spacial score (nSPS) is 12.4. The summed E-state index contributed by atoms with van der Waals surface area (Å²) in [5.41, 5.74) is 4.33. The first-order chi connectivity index (χ1) is 11.4. The number of hydrogen-bond acceptors (Lipinski definition) is 3. The Morgan fingerprint density at radius 3 is 2.20 bits per heavy atom. The first kappa shape index (κ1) is 20.7. The SMILES string of the molecule is C=CC(=O)OC(C(=O)NC(C)(C)C)c1ccc(C#C[Si](C)(C)C)cc1. The molecular formula is C20H27NO3Si. The Balaban J connectivity index is 3.09. The van der Waals surface area contributed by atoms with Crippen LogP contribution in [-0.2, 0) is 14.3 Å². The largest absolute Gasteiger partial charge is 0.444 e. The van der Waals surface area contributed by atoms with E-state index in [4.69, 9.17) is 4.74 Å². The highest BCUT2D eigenvalue weighted by atomic mass is 28.3. The molecule has 0 fully saturated rings. The van der Waals surface area contributed by atoms with Gasteiger partial charge in [0.2, 0.25) is 6.10 Å². The summed E-state index contributed by atoms with van der Waals surface area (Å²) in [6, 6.07) is 7.19. The van der Waals surface area contributed by atoms with Crippen molar-refractivity contribution in [3.8, 4) is 11.5 Å².